The number of hydrogen-bond donors (Lipinski definition) is 0. The summed E-state index contributed by atoms with van der Waals surface area (Å²) in [6.45, 7) is 5.97. The monoisotopic (exact) mass is 259 g/mol. The summed E-state index contributed by atoms with van der Waals surface area (Å²) >= 11 is 0. The summed E-state index contributed by atoms with van der Waals surface area (Å²) in [6, 6.07) is 0. The van der Waals surface area contributed by atoms with Crippen molar-refractivity contribution >= 4 is 5.91 Å². The van der Waals surface area contributed by atoms with E-state index in [4.69, 9.17) is 0 Å². The molecule has 0 spiro atoms. The zero-order chi connectivity index (χ0) is 13.1. The minimum Gasteiger partial charge on any atom is -0.343 e. The van der Waals surface area contributed by atoms with Crippen molar-refractivity contribution in [2.24, 2.45) is 41.4 Å². The standard InChI is InChI=1S/C17H25NO/c1-3-18(4-2)17(19)14-9-12-8-13(14)16-11-6-5-10(7-11)15(12)16/h5-6,10-16H,3-4,7-9H2,1-2H3. The highest BCUT2D eigenvalue weighted by Crippen LogP contribution is 2.67. The zero-order valence-electron chi connectivity index (χ0n) is 12.1. The third-order valence-corrected chi connectivity index (χ3v) is 6.66. The number of fused-ring (bicyclic) bond motifs is 9. The van der Waals surface area contributed by atoms with Crippen molar-refractivity contribution in [3.05, 3.63) is 12.2 Å². The van der Waals surface area contributed by atoms with Crippen LogP contribution in [0.4, 0.5) is 0 Å². The van der Waals surface area contributed by atoms with Crippen molar-refractivity contribution in [1.29, 1.82) is 0 Å². The highest BCUT2D eigenvalue weighted by atomic mass is 16.2. The smallest absolute Gasteiger partial charge is 0.225 e. The zero-order valence-corrected chi connectivity index (χ0v) is 12.1. The van der Waals surface area contributed by atoms with E-state index in [0.29, 0.717) is 17.7 Å². The first-order chi connectivity index (χ1) is 9.24. The van der Waals surface area contributed by atoms with Crippen LogP contribution in [0.5, 0.6) is 0 Å². The molecule has 7 unspecified atom stereocenters. The van der Waals surface area contributed by atoms with Gasteiger partial charge in [-0.2, -0.15) is 0 Å². The molecule has 4 rings (SSSR count). The summed E-state index contributed by atoms with van der Waals surface area (Å²) in [4.78, 5) is 14.8. The molecule has 2 nitrogen and oxygen atoms in total. The second-order valence-corrected chi connectivity index (χ2v) is 7.12. The van der Waals surface area contributed by atoms with Crippen molar-refractivity contribution in [3.8, 4) is 0 Å². The summed E-state index contributed by atoms with van der Waals surface area (Å²) in [7, 11) is 0. The summed E-state index contributed by atoms with van der Waals surface area (Å²) in [6.07, 6.45) is 8.88. The van der Waals surface area contributed by atoms with Gasteiger partial charge < -0.3 is 4.90 Å². The summed E-state index contributed by atoms with van der Waals surface area (Å²) in [5.41, 5.74) is 0. The van der Waals surface area contributed by atoms with Gasteiger partial charge in [0.15, 0.2) is 0 Å². The van der Waals surface area contributed by atoms with Crippen LogP contribution in [-0.4, -0.2) is 23.9 Å². The van der Waals surface area contributed by atoms with Crippen LogP contribution in [0.25, 0.3) is 0 Å². The van der Waals surface area contributed by atoms with Gasteiger partial charge in [0.05, 0.1) is 0 Å². The number of carbonyl (C=O) groups excluding carboxylic acids is 1. The Labute approximate surface area is 116 Å². The molecule has 4 bridgehead atoms. The van der Waals surface area contributed by atoms with E-state index in [0.717, 1.165) is 42.7 Å². The van der Waals surface area contributed by atoms with E-state index in [1.54, 1.807) is 0 Å². The lowest BCUT2D eigenvalue weighted by atomic mass is 9.69. The van der Waals surface area contributed by atoms with Gasteiger partial charge >= 0.3 is 0 Å². The summed E-state index contributed by atoms with van der Waals surface area (Å²) in [5.74, 6) is 5.88. The van der Waals surface area contributed by atoms with E-state index in [1.165, 1.54) is 19.3 Å². The Morgan fingerprint density at radius 1 is 1.05 bits per heavy atom. The molecule has 104 valence electrons. The van der Waals surface area contributed by atoms with Gasteiger partial charge in [0, 0.05) is 19.0 Å². The van der Waals surface area contributed by atoms with Gasteiger partial charge in [-0.15, -0.1) is 0 Å². The predicted molar refractivity (Wildman–Crippen MR) is 75.3 cm³/mol. The molecule has 4 aliphatic carbocycles. The Morgan fingerprint density at radius 2 is 1.74 bits per heavy atom. The molecule has 0 aromatic carbocycles. The lowest BCUT2D eigenvalue weighted by molar-refractivity contribution is -0.138. The van der Waals surface area contributed by atoms with E-state index in [2.05, 4.69) is 30.9 Å². The van der Waals surface area contributed by atoms with E-state index in [1.807, 2.05) is 0 Å². The van der Waals surface area contributed by atoms with Crippen LogP contribution < -0.4 is 0 Å². The molecule has 2 heteroatoms. The average molecular weight is 259 g/mol. The van der Waals surface area contributed by atoms with Crippen LogP contribution in [0, 0.1) is 41.4 Å². The molecule has 0 saturated heterocycles. The minimum absolute atomic E-state index is 0.360. The first-order valence-corrected chi connectivity index (χ1v) is 8.21. The van der Waals surface area contributed by atoms with Gasteiger partial charge in [0.25, 0.3) is 0 Å². The first-order valence-electron chi connectivity index (χ1n) is 8.21. The number of nitrogens with zero attached hydrogens (tertiary/aromatic N) is 1. The minimum atomic E-state index is 0.360. The molecule has 3 saturated carbocycles. The fourth-order valence-corrected chi connectivity index (χ4v) is 6.07. The molecule has 0 aromatic heterocycles. The third-order valence-electron chi connectivity index (χ3n) is 6.66. The van der Waals surface area contributed by atoms with E-state index < -0.39 is 0 Å². The summed E-state index contributed by atoms with van der Waals surface area (Å²) in [5, 5.41) is 0. The maximum absolute atomic E-state index is 12.7. The van der Waals surface area contributed by atoms with Crippen molar-refractivity contribution in [1.82, 2.24) is 4.90 Å². The molecule has 0 aromatic rings. The number of amides is 1. The molecule has 1 amide bonds. The second kappa shape index (κ2) is 4.10. The van der Waals surface area contributed by atoms with Gasteiger partial charge in [-0.25, -0.2) is 0 Å². The maximum atomic E-state index is 12.7. The van der Waals surface area contributed by atoms with Gasteiger partial charge in [0.1, 0.15) is 0 Å². The highest BCUT2D eigenvalue weighted by Gasteiger charge is 2.62. The van der Waals surface area contributed by atoms with E-state index in [9.17, 15) is 4.79 Å². The van der Waals surface area contributed by atoms with Crippen molar-refractivity contribution in [2.75, 3.05) is 13.1 Å². The second-order valence-electron chi connectivity index (χ2n) is 7.12. The predicted octanol–water partition coefficient (Wildman–Crippen LogP) is 2.95. The number of hydrogen-bond acceptors (Lipinski definition) is 1. The average Bonchev–Trinajstić information content (AvgIpc) is 3.17. The first kappa shape index (κ1) is 12.0. The molecular weight excluding hydrogens is 234 g/mol. The lowest BCUT2D eigenvalue weighted by Crippen LogP contribution is -2.42. The fourth-order valence-electron chi connectivity index (χ4n) is 6.07. The van der Waals surface area contributed by atoms with Crippen LogP contribution in [0.15, 0.2) is 12.2 Å². The molecule has 3 fully saturated rings. The van der Waals surface area contributed by atoms with E-state index >= 15 is 0 Å². The topological polar surface area (TPSA) is 20.3 Å². The Morgan fingerprint density at radius 3 is 2.42 bits per heavy atom. The van der Waals surface area contributed by atoms with Gasteiger partial charge in [-0.05, 0) is 68.6 Å². The maximum Gasteiger partial charge on any atom is 0.225 e. The Balaban J connectivity index is 1.56. The largest absolute Gasteiger partial charge is 0.343 e. The number of carbonyl (C=O) groups is 1. The molecule has 4 aliphatic rings. The molecule has 0 N–H and O–H groups in total. The summed E-state index contributed by atoms with van der Waals surface area (Å²) < 4.78 is 0. The van der Waals surface area contributed by atoms with Crippen molar-refractivity contribution in [2.45, 2.75) is 33.1 Å². The van der Waals surface area contributed by atoms with Crippen LogP contribution in [0.1, 0.15) is 33.1 Å². The Hall–Kier alpha value is -0.790. The van der Waals surface area contributed by atoms with Crippen molar-refractivity contribution in [3.63, 3.8) is 0 Å². The lowest BCUT2D eigenvalue weighted by Gasteiger charge is -2.37. The van der Waals surface area contributed by atoms with Crippen LogP contribution in [-0.2, 0) is 4.79 Å². The molecule has 7 atom stereocenters. The molecule has 0 heterocycles. The highest BCUT2D eigenvalue weighted by molar-refractivity contribution is 5.79. The fraction of sp³-hybridized carbons (Fsp3) is 0.824. The van der Waals surface area contributed by atoms with Gasteiger partial charge in [0.2, 0.25) is 5.91 Å². The van der Waals surface area contributed by atoms with Crippen molar-refractivity contribution < 1.29 is 4.79 Å². The van der Waals surface area contributed by atoms with Gasteiger partial charge in [-0.3, -0.25) is 4.79 Å². The van der Waals surface area contributed by atoms with Crippen LogP contribution in [0.2, 0.25) is 0 Å². The normalized spacial score (nSPS) is 48.8. The third kappa shape index (κ3) is 1.46. The van der Waals surface area contributed by atoms with Crippen LogP contribution in [0.3, 0.4) is 0 Å². The number of allylic oxidation sites excluding steroid dienone is 2. The molecule has 19 heavy (non-hydrogen) atoms. The molecular formula is C17H25NO. The Kier molecular flexibility index (Phi) is 2.59. The van der Waals surface area contributed by atoms with E-state index in [-0.39, 0.29) is 0 Å². The molecule has 0 radical (unpaired) electrons. The molecule has 0 aliphatic heterocycles. The number of rotatable bonds is 3. The SMILES string of the molecule is CCN(CC)C(=O)C1CC2CC1C1C3C=CC(C3)C21. The Bertz CT molecular complexity index is 425. The van der Waals surface area contributed by atoms with Gasteiger partial charge in [-0.1, -0.05) is 12.2 Å². The van der Waals surface area contributed by atoms with Crippen LogP contribution >= 0.6 is 0 Å². The quantitative estimate of drug-likeness (QED) is 0.563.